The van der Waals surface area contributed by atoms with E-state index in [1.807, 2.05) is 6.07 Å². The summed E-state index contributed by atoms with van der Waals surface area (Å²) in [7, 11) is 2.84. The van der Waals surface area contributed by atoms with Gasteiger partial charge in [-0.3, -0.25) is 0 Å². The van der Waals surface area contributed by atoms with Crippen molar-refractivity contribution in [3.05, 3.63) is 29.6 Å². The number of rotatable bonds is 5. The number of nitriles is 1. The van der Waals surface area contributed by atoms with Gasteiger partial charge in [0.05, 0.1) is 25.9 Å². The van der Waals surface area contributed by atoms with Crippen LogP contribution in [0.1, 0.15) is 11.5 Å². The minimum Gasteiger partial charge on any atom is -0.496 e. The molecule has 0 heterocycles. The molecule has 5 heteroatoms. The maximum atomic E-state index is 13.2. The van der Waals surface area contributed by atoms with Gasteiger partial charge >= 0.3 is 0 Å². The monoisotopic (exact) mass is 239 g/mol. The number of hydrogen-bond acceptors (Lipinski definition) is 4. The third-order valence-electron chi connectivity index (χ3n) is 2.39. The van der Waals surface area contributed by atoms with Gasteiger partial charge in [-0.1, -0.05) is 0 Å². The molecule has 0 aliphatic carbocycles. The van der Waals surface area contributed by atoms with Crippen LogP contribution in [0.4, 0.5) is 4.39 Å². The SMILES string of the molecule is COCC(O)C(C#N)c1cc(F)ccc1OC. The minimum absolute atomic E-state index is 0.00209. The van der Waals surface area contributed by atoms with Crippen LogP contribution in [0.5, 0.6) is 5.75 Å². The first-order valence-corrected chi connectivity index (χ1v) is 5.04. The molecule has 0 aliphatic heterocycles. The number of nitrogens with zero attached hydrogens (tertiary/aromatic N) is 1. The first-order chi connectivity index (χ1) is 8.13. The molecular weight excluding hydrogens is 225 g/mol. The molecule has 0 bridgehead atoms. The largest absolute Gasteiger partial charge is 0.496 e. The highest BCUT2D eigenvalue weighted by molar-refractivity contribution is 5.40. The van der Waals surface area contributed by atoms with Crippen LogP contribution in [0.3, 0.4) is 0 Å². The lowest BCUT2D eigenvalue weighted by atomic mass is 9.94. The van der Waals surface area contributed by atoms with E-state index >= 15 is 0 Å². The second-order valence-electron chi connectivity index (χ2n) is 3.52. The molecule has 17 heavy (non-hydrogen) atoms. The van der Waals surface area contributed by atoms with Gasteiger partial charge in [0.25, 0.3) is 0 Å². The zero-order valence-corrected chi connectivity index (χ0v) is 9.68. The van der Waals surface area contributed by atoms with Gasteiger partial charge in [0.1, 0.15) is 17.5 Å². The van der Waals surface area contributed by atoms with Crippen LogP contribution in [0, 0.1) is 17.1 Å². The van der Waals surface area contributed by atoms with Gasteiger partial charge in [-0.05, 0) is 18.2 Å². The smallest absolute Gasteiger partial charge is 0.123 e. The molecule has 0 aliphatic rings. The highest BCUT2D eigenvalue weighted by Crippen LogP contribution is 2.29. The fraction of sp³-hybridized carbons (Fsp3) is 0.417. The van der Waals surface area contributed by atoms with E-state index in [4.69, 9.17) is 14.7 Å². The summed E-state index contributed by atoms with van der Waals surface area (Å²) in [5.41, 5.74) is 0.319. The second-order valence-corrected chi connectivity index (χ2v) is 3.52. The van der Waals surface area contributed by atoms with Gasteiger partial charge in [-0.15, -0.1) is 0 Å². The molecule has 0 aromatic heterocycles. The summed E-state index contributed by atoms with van der Waals surface area (Å²) < 4.78 is 23.0. The summed E-state index contributed by atoms with van der Waals surface area (Å²) in [5.74, 6) is -1.00. The average molecular weight is 239 g/mol. The van der Waals surface area contributed by atoms with Gasteiger partial charge in [0.15, 0.2) is 0 Å². The minimum atomic E-state index is -1.03. The van der Waals surface area contributed by atoms with Crippen molar-refractivity contribution in [2.75, 3.05) is 20.8 Å². The van der Waals surface area contributed by atoms with Crippen LogP contribution in [-0.2, 0) is 4.74 Å². The summed E-state index contributed by atoms with van der Waals surface area (Å²) in [6.45, 7) is -0.00209. The third-order valence-corrected chi connectivity index (χ3v) is 2.39. The fourth-order valence-electron chi connectivity index (χ4n) is 1.58. The van der Waals surface area contributed by atoms with Crippen LogP contribution in [0.25, 0.3) is 0 Å². The van der Waals surface area contributed by atoms with E-state index in [2.05, 4.69) is 0 Å². The summed E-state index contributed by atoms with van der Waals surface area (Å²) in [5, 5.41) is 18.8. The van der Waals surface area contributed by atoms with Crippen LogP contribution in [-0.4, -0.2) is 32.0 Å². The predicted octanol–water partition coefficient (Wildman–Crippen LogP) is 1.45. The normalized spacial score (nSPS) is 13.8. The molecule has 0 amide bonds. The molecule has 1 N–H and O–H groups in total. The Kier molecular flexibility index (Phi) is 4.88. The Labute approximate surface area is 99.2 Å². The van der Waals surface area contributed by atoms with Crippen LogP contribution in [0.15, 0.2) is 18.2 Å². The molecule has 2 atom stereocenters. The van der Waals surface area contributed by atoms with Crippen molar-refractivity contribution in [2.45, 2.75) is 12.0 Å². The average Bonchev–Trinajstić information content (AvgIpc) is 2.31. The highest BCUT2D eigenvalue weighted by Gasteiger charge is 2.24. The van der Waals surface area contributed by atoms with Gasteiger partial charge in [0, 0.05) is 12.7 Å². The third kappa shape index (κ3) is 3.16. The number of halogens is 1. The Morgan fingerprint density at radius 1 is 1.47 bits per heavy atom. The number of methoxy groups -OCH3 is 2. The van der Waals surface area contributed by atoms with E-state index in [-0.39, 0.29) is 6.61 Å². The van der Waals surface area contributed by atoms with Crippen molar-refractivity contribution in [3.63, 3.8) is 0 Å². The molecule has 0 saturated heterocycles. The van der Waals surface area contributed by atoms with Crippen LogP contribution in [0.2, 0.25) is 0 Å². The molecule has 92 valence electrons. The van der Waals surface area contributed by atoms with Crippen molar-refractivity contribution < 1.29 is 19.0 Å². The molecule has 1 rings (SSSR count). The number of ether oxygens (including phenoxy) is 2. The Balaban J connectivity index is 3.10. The Morgan fingerprint density at radius 2 is 2.18 bits per heavy atom. The van der Waals surface area contributed by atoms with E-state index in [1.54, 1.807) is 0 Å². The first-order valence-electron chi connectivity index (χ1n) is 5.04. The molecule has 1 aromatic carbocycles. The zero-order chi connectivity index (χ0) is 12.8. The maximum Gasteiger partial charge on any atom is 0.123 e. The number of hydrogen-bond donors (Lipinski definition) is 1. The predicted molar refractivity (Wildman–Crippen MR) is 59.2 cm³/mol. The number of benzene rings is 1. The summed E-state index contributed by atoms with van der Waals surface area (Å²) >= 11 is 0. The molecule has 1 aromatic rings. The molecule has 2 unspecified atom stereocenters. The number of aliphatic hydroxyl groups is 1. The molecule has 0 saturated carbocycles. The molecular formula is C12H14FNO3. The van der Waals surface area contributed by atoms with Crippen molar-refractivity contribution in [1.82, 2.24) is 0 Å². The highest BCUT2D eigenvalue weighted by atomic mass is 19.1. The molecule has 0 fully saturated rings. The summed E-state index contributed by atoms with van der Waals surface area (Å²) in [4.78, 5) is 0. The summed E-state index contributed by atoms with van der Waals surface area (Å²) in [6.07, 6.45) is -1.03. The first kappa shape index (κ1) is 13.4. The second kappa shape index (κ2) is 6.18. The Bertz CT molecular complexity index is 417. The van der Waals surface area contributed by atoms with Crippen molar-refractivity contribution >= 4 is 0 Å². The Hall–Kier alpha value is -1.64. The lowest BCUT2D eigenvalue weighted by Crippen LogP contribution is -2.23. The van der Waals surface area contributed by atoms with Crippen molar-refractivity contribution in [1.29, 1.82) is 5.26 Å². The van der Waals surface area contributed by atoms with E-state index in [1.165, 1.54) is 32.4 Å². The summed E-state index contributed by atoms with van der Waals surface area (Å²) in [6, 6.07) is 5.78. The zero-order valence-electron chi connectivity index (χ0n) is 9.68. The van der Waals surface area contributed by atoms with E-state index in [9.17, 15) is 9.50 Å². The molecule has 4 nitrogen and oxygen atoms in total. The molecule has 0 spiro atoms. The van der Waals surface area contributed by atoms with E-state index in [0.29, 0.717) is 11.3 Å². The maximum absolute atomic E-state index is 13.2. The van der Waals surface area contributed by atoms with E-state index in [0.717, 1.165) is 0 Å². The van der Waals surface area contributed by atoms with Gasteiger partial charge in [-0.2, -0.15) is 5.26 Å². The topological polar surface area (TPSA) is 62.5 Å². The Morgan fingerprint density at radius 3 is 2.71 bits per heavy atom. The lowest BCUT2D eigenvalue weighted by molar-refractivity contribution is 0.0566. The van der Waals surface area contributed by atoms with Crippen molar-refractivity contribution in [2.24, 2.45) is 0 Å². The fourth-order valence-corrected chi connectivity index (χ4v) is 1.58. The molecule has 0 radical (unpaired) electrons. The van der Waals surface area contributed by atoms with Crippen LogP contribution >= 0.6 is 0 Å². The lowest BCUT2D eigenvalue weighted by Gasteiger charge is -2.18. The van der Waals surface area contributed by atoms with Gasteiger partial charge < -0.3 is 14.6 Å². The quantitative estimate of drug-likeness (QED) is 0.844. The van der Waals surface area contributed by atoms with Gasteiger partial charge in [0.2, 0.25) is 0 Å². The van der Waals surface area contributed by atoms with Crippen molar-refractivity contribution in [3.8, 4) is 11.8 Å². The van der Waals surface area contributed by atoms with E-state index < -0.39 is 17.8 Å². The number of aliphatic hydroxyl groups excluding tert-OH is 1. The van der Waals surface area contributed by atoms with Gasteiger partial charge in [-0.25, -0.2) is 4.39 Å². The standard InChI is InChI=1S/C12H14FNO3/c1-16-7-11(15)10(6-14)9-5-8(13)3-4-12(9)17-2/h3-5,10-11,15H,7H2,1-2H3. The van der Waals surface area contributed by atoms with Crippen LogP contribution < -0.4 is 4.74 Å².